The summed E-state index contributed by atoms with van der Waals surface area (Å²) in [5.41, 5.74) is 2.30. The third kappa shape index (κ3) is 4.64. The first-order chi connectivity index (χ1) is 13.8. The van der Waals surface area contributed by atoms with E-state index in [-0.39, 0.29) is 19.0 Å². The second-order valence-electron chi connectivity index (χ2n) is 7.00. The highest BCUT2D eigenvalue weighted by Crippen LogP contribution is 2.38. The van der Waals surface area contributed by atoms with Crippen molar-refractivity contribution >= 4 is 0 Å². The van der Waals surface area contributed by atoms with Gasteiger partial charge in [0.05, 0.1) is 32.0 Å². The molecule has 0 spiro atoms. The summed E-state index contributed by atoms with van der Waals surface area (Å²) in [5.74, 6) is 1.58. The minimum Gasteiger partial charge on any atom is -0.454 e. The van der Waals surface area contributed by atoms with Crippen molar-refractivity contribution in [3.63, 3.8) is 0 Å². The fourth-order valence-electron chi connectivity index (χ4n) is 3.60. The topological polar surface area (TPSA) is 49.4 Å². The Balaban J connectivity index is 1.47. The molecule has 150 valence electrons. The molecule has 2 aromatic carbocycles. The molecule has 0 aromatic heterocycles. The summed E-state index contributed by atoms with van der Waals surface area (Å²) in [4.78, 5) is 2.41. The second-order valence-corrected chi connectivity index (χ2v) is 7.00. The summed E-state index contributed by atoms with van der Waals surface area (Å²) in [7, 11) is 1.69. The Morgan fingerprint density at radius 1 is 0.893 bits per heavy atom. The lowest BCUT2D eigenvalue weighted by molar-refractivity contribution is -0.0944. The SMILES string of the molecule is COCCOCCN1C[C@@H](c2ccccc2)O[C@@H](c2ccc3c(c2)OCO3)C1. The number of morpholine rings is 1. The zero-order valence-electron chi connectivity index (χ0n) is 16.2. The third-order valence-electron chi connectivity index (χ3n) is 5.10. The third-order valence-corrected chi connectivity index (χ3v) is 5.10. The van der Waals surface area contributed by atoms with Crippen molar-refractivity contribution in [2.24, 2.45) is 0 Å². The molecule has 2 aliphatic rings. The fraction of sp³-hybridized carbons (Fsp3) is 0.455. The highest BCUT2D eigenvalue weighted by molar-refractivity contribution is 5.45. The van der Waals surface area contributed by atoms with Gasteiger partial charge in [-0.1, -0.05) is 36.4 Å². The number of methoxy groups -OCH3 is 1. The summed E-state index contributed by atoms with van der Waals surface area (Å²) < 4.78 is 28.2. The van der Waals surface area contributed by atoms with Gasteiger partial charge in [-0.3, -0.25) is 4.90 Å². The molecular formula is C22H27NO5. The zero-order valence-corrected chi connectivity index (χ0v) is 16.2. The predicted octanol–water partition coefficient (Wildman–Crippen LogP) is 3.19. The van der Waals surface area contributed by atoms with Crippen molar-refractivity contribution in [2.75, 3.05) is 53.4 Å². The maximum atomic E-state index is 6.49. The van der Waals surface area contributed by atoms with Gasteiger partial charge in [0, 0.05) is 26.7 Å². The molecule has 6 heteroatoms. The normalized spacial score (nSPS) is 21.8. The van der Waals surface area contributed by atoms with Crippen molar-refractivity contribution in [1.29, 1.82) is 0 Å². The molecule has 0 N–H and O–H groups in total. The Morgan fingerprint density at radius 3 is 2.50 bits per heavy atom. The number of hydrogen-bond donors (Lipinski definition) is 0. The van der Waals surface area contributed by atoms with E-state index in [4.69, 9.17) is 23.7 Å². The van der Waals surface area contributed by atoms with E-state index in [0.717, 1.165) is 36.7 Å². The van der Waals surface area contributed by atoms with Gasteiger partial charge in [0.25, 0.3) is 0 Å². The standard InChI is InChI=1S/C22H27NO5/c1-24-11-12-25-10-9-23-14-21(17-5-3-2-4-6-17)28-22(15-23)18-7-8-19-20(13-18)27-16-26-19/h2-8,13,21-22H,9-12,14-16H2,1H3/t21-,22+/m0/s1. The number of rotatable bonds is 8. The summed E-state index contributed by atoms with van der Waals surface area (Å²) in [6, 6.07) is 16.5. The first kappa shape index (κ1) is 19.2. The summed E-state index contributed by atoms with van der Waals surface area (Å²) >= 11 is 0. The number of ether oxygens (including phenoxy) is 5. The lowest BCUT2D eigenvalue weighted by Crippen LogP contribution is -2.41. The molecule has 0 unspecified atom stereocenters. The molecule has 0 saturated carbocycles. The summed E-state index contributed by atoms with van der Waals surface area (Å²) in [5, 5.41) is 0. The number of nitrogens with zero attached hydrogens (tertiary/aromatic N) is 1. The van der Waals surface area contributed by atoms with Crippen LogP contribution in [0.3, 0.4) is 0 Å². The van der Waals surface area contributed by atoms with Crippen molar-refractivity contribution in [2.45, 2.75) is 12.2 Å². The molecule has 0 amide bonds. The van der Waals surface area contributed by atoms with E-state index in [9.17, 15) is 0 Å². The molecule has 1 fully saturated rings. The molecule has 0 radical (unpaired) electrons. The molecule has 6 nitrogen and oxygen atoms in total. The second kappa shape index (κ2) is 9.39. The minimum absolute atomic E-state index is 0.0179. The summed E-state index contributed by atoms with van der Waals surface area (Å²) in [6.45, 7) is 4.72. The van der Waals surface area contributed by atoms with Crippen LogP contribution in [0.1, 0.15) is 23.3 Å². The highest BCUT2D eigenvalue weighted by Gasteiger charge is 2.30. The van der Waals surface area contributed by atoms with E-state index in [1.807, 2.05) is 18.2 Å². The van der Waals surface area contributed by atoms with Crippen LogP contribution in [0.2, 0.25) is 0 Å². The van der Waals surface area contributed by atoms with Crippen LogP contribution in [0.5, 0.6) is 11.5 Å². The van der Waals surface area contributed by atoms with Gasteiger partial charge >= 0.3 is 0 Å². The molecule has 1 saturated heterocycles. The van der Waals surface area contributed by atoms with Gasteiger partial charge in [-0.2, -0.15) is 0 Å². The monoisotopic (exact) mass is 385 g/mol. The molecule has 4 rings (SSSR count). The Bertz CT molecular complexity index is 754. The molecule has 28 heavy (non-hydrogen) atoms. The average Bonchev–Trinajstić information content (AvgIpc) is 3.22. The smallest absolute Gasteiger partial charge is 0.231 e. The lowest BCUT2D eigenvalue weighted by Gasteiger charge is -2.38. The maximum Gasteiger partial charge on any atom is 0.231 e. The molecule has 2 aliphatic heterocycles. The van der Waals surface area contributed by atoms with Gasteiger partial charge in [0.15, 0.2) is 11.5 Å². The first-order valence-corrected chi connectivity index (χ1v) is 9.72. The lowest BCUT2D eigenvalue weighted by atomic mass is 10.0. The van der Waals surface area contributed by atoms with Crippen molar-refractivity contribution in [3.8, 4) is 11.5 Å². The molecule has 0 bridgehead atoms. The zero-order chi connectivity index (χ0) is 19.2. The Labute approximate surface area is 165 Å². The maximum absolute atomic E-state index is 6.49. The molecular weight excluding hydrogens is 358 g/mol. The van der Waals surface area contributed by atoms with Crippen molar-refractivity contribution < 1.29 is 23.7 Å². The van der Waals surface area contributed by atoms with Crippen LogP contribution in [-0.4, -0.2) is 58.3 Å². The van der Waals surface area contributed by atoms with Crippen LogP contribution in [0.15, 0.2) is 48.5 Å². The Morgan fingerprint density at radius 2 is 1.68 bits per heavy atom. The molecule has 0 aliphatic carbocycles. The Kier molecular flexibility index (Phi) is 6.44. The highest BCUT2D eigenvalue weighted by atomic mass is 16.7. The van der Waals surface area contributed by atoms with E-state index < -0.39 is 0 Å². The fourth-order valence-corrected chi connectivity index (χ4v) is 3.60. The van der Waals surface area contributed by atoms with E-state index in [2.05, 4.69) is 35.2 Å². The first-order valence-electron chi connectivity index (χ1n) is 9.72. The van der Waals surface area contributed by atoms with Crippen LogP contribution in [0.4, 0.5) is 0 Å². The van der Waals surface area contributed by atoms with E-state index in [0.29, 0.717) is 19.8 Å². The van der Waals surface area contributed by atoms with Crippen LogP contribution in [0.25, 0.3) is 0 Å². The van der Waals surface area contributed by atoms with E-state index in [1.54, 1.807) is 7.11 Å². The van der Waals surface area contributed by atoms with E-state index in [1.165, 1.54) is 5.56 Å². The van der Waals surface area contributed by atoms with E-state index >= 15 is 0 Å². The van der Waals surface area contributed by atoms with Gasteiger partial charge in [0.2, 0.25) is 6.79 Å². The minimum atomic E-state index is -0.0348. The summed E-state index contributed by atoms with van der Waals surface area (Å²) in [6.07, 6.45) is -0.0169. The van der Waals surface area contributed by atoms with Crippen molar-refractivity contribution in [3.05, 3.63) is 59.7 Å². The van der Waals surface area contributed by atoms with Crippen LogP contribution in [0, 0.1) is 0 Å². The number of hydrogen-bond acceptors (Lipinski definition) is 6. The van der Waals surface area contributed by atoms with Gasteiger partial charge in [-0.25, -0.2) is 0 Å². The van der Waals surface area contributed by atoms with Crippen LogP contribution in [-0.2, 0) is 14.2 Å². The quantitative estimate of drug-likeness (QED) is 0.651. The van der Waals surface area contributed by atoms with Gasteiger partial charge < -0.3 is 23.7 Å². The van der Waals surface area contributed by atoms with Crippen LogP contribution >= 0.6 is 0 Å². The predicted molar refractivity (Wildman–Crippen MR) is 105 cm³/mol. The van der Waals surface area contributed by atoms with Crippen molar-refractivity contribution in [1.82, 2.24) is 4.90 Å². The van der Waals surface area contributed by atoms with Gasteiger partial charge in [0.1, 0.15) is 0 Å². The largest absolute Gasteiger partial charge is 0.454 e. The molecule has 2 aromatic rings. The molecule has 2 heterocycles. The van der Waals surface area contributed by atoms with Gasteiger partial charge in [-0.05, 0) is 23.3 Å². The number of benzene rings is 2. The molecule has 2 atom stereocenters. The van der Waals surface area contributed by atoms with Crippen LogP contribution < -0.4 is 9.47 Å². The average molecular weight is 385 g/mol. The Hall–Kier alpha value is -2.12. The number of fused-ring (bicyclic) bond motifs is 1. The van der Waals surface area contributed by atoms with Gasteiger partial charge in [-0.15, -0.1) is 0 Å².